The van der Waals surface area contributed by atoms with E-state index in [-0.39, 0.29) is 30.0 Å². The van der Waals surface area contributed by atoms with Crippen LogP contribution in [0.3, 0.4) is 0 Å². The minimum atomic E-state index is -0.205. The van der Waals surface area contributed by atoms with Crippen LogP contribution < -0.4 is 10.9 Å². The molecule has 1 saturated carbocycles. The molecule has 1 N–H and O–H groups in total. The summed E-state index contributed by atoms with van der Waals surface area (Å²) in [5.41, 5.74) is 4.72. The molecule has 1 aliphatic carbocycles. The normalized spacial score (nSPS) is 16.5. The van der Waals surface area contributed by atoms with Crippen molar-refractivity contribution in [3.63, 3.8) is 0 Å². The maximum Gasteiger partial charge on any atom is 0.263 e. The first kappa shape index (κ1) is 26.2. The van der Waals surface area contributed by atoms with Crippen molar-refractivity contribution in [3.8, 4) is 11.6 Å². The number of hydrogen-bond donors (Lipinski definition) is 1. The third-order valence-corrected chi connectivity index (χ3v) is 8.62. The van der Waals surface area contributed by atoms with Crippen LogP contribution in [0.1, 0.15) is 68.8 Å². The van der Waals surface area contributed by atoms with E-state index in [0.29, 0.717) is 46.4 Å². The fourth-order valence-corrected chi connectivity index (χ4v) is 5.47. The van der Waals surface area contributed by atoms with E-state index in [4.69, 9.17) is 4.98 Å². The highest BCUT2D eigenvalue weighted by Crippen LogP contribution is 2.40. The number of amides is 2. The predicted octanol–water partition coefficient (Wildman–Crippen LogP) is 4.31. The smallest absolute Gasteiger partial charge is 0.263 e. The molecule has 9 nitrogen and oxygen atoms in total. The third-order valence-electron chi connectivity index (χ3n) is 7.73. The van der Waals surface area contributed by atoms with Crippen molar-refractivity contribution in [1.29, 1.82) is 0 Å². The number of carbonyl (C=O) groups excluding carboxylic acids is 2. The van der Waals surface area contributed by atoms with Crippen LogP contribution in [0, 0.1) is 6.92 Å². The minimum Gasteiger partial charge on any atom is -0.355 e. The molecular weight excluding hydrogens is 572 g/mol. The van der Waals surface area contributed by atoms with Gasteiger partial charge in [0.1, 0.15) is 0 Å². The highest BCUT2D eigenvalue weighted by Gasteiger charge is 2.33. The standard InChI is InChI=1S/C30H29BrN6O3/c1-17-12-21(8-11-25(17)31)28(39)35-16-26-24(13-18(35)2)29(40)37(23-9-6-20(7-10-23)27(38)32-3)30(34-26)36-15-22(14-33-36)19-4-5-19/h6-12,14-15,18-19H,4-5,13,16H2,1-3H3,(H,32,38)/t18-/m1/s1. The van der Waals surface area contributed by atoms with Gasteiger partial charge in [-0.05, 0) is 92.6 Å². The average Bonchev–Trinajstić information content (AvgIpc) is 3.70. The Balaban J connectivity index is 1.45. The summed E-state index contributed by atoms with van der Waals surface area (Å²) in [6, 6.07) is 12.2. The lowest BCUT2D eigenvalue weighted by Crippen LogP contribution is -2.46. The summed E-state index contributed by atoms with van der Waals surface area (Å²) < 4.78 is 4.14. The van der Waals surface area contributed by atoms with E-state index in [1.165, 1.54) is 0 Å². The van der Waals surface area contributed by atoms with Crippen LogP contribution in [0.2, 0.25) is 0 Å². The Hall–Kier alpha value is -4.05. The van der Waals surface area contributed by atoms with Crippen molar-refractivity contribution in [2.24, 2.45) is 0 Å². The molecule has 3 heterocycles. The molecule has 2 aromatic heterocycles. The topological polar surface area (TPSA) is 102 Å². The zero-order chi connectivity index (χ0) is 28.1. The van der Waals surface area contributed by atoms with Gasteiger partial charge >= 0.3 is 0 Å². The molecule has 0 unspecified atom stereocenters. The third kappa shape index (κ3) is 4.66. The first-order chi connectivity index (χ1) is 19.2. The molecule has 10 heteroatoms. The van der Waals surface area contributed by atoms with Gasteiger partial charge in [0, 0.05) is 40.4 Å². The lowest BCUT2D eigenvalue weighted by Gasteiger charge is -2.34. The average molecular weight is 602 g/mol. The number of hydrogen-bond acceptors (Lipinski definition) is 5. The molecule has 1 atom stereocenters. The number of nitrogens with zero attached hydrogens (tertiary/aromatic N) is 5. The summed E-state index contributed by atoms with van der Waals surface area (Å²) in [7, 11) is 1.58. The van der Waals surface area contributed by atoms with Gasteiger partial charge in [-0.15, -0.1) is 0 Å². The van der Waals surface area contributed by atoms with Gasteiger partial charge in [0.05, 0.1) is 24.1 Å². The molecule has 40 heavy (non-hydrogen) atoms. The fourth-order valence-electron chi connectivity index (χ4n) is 5.23. The number of benzene rings is 2. The molecule has 2 amide bonds. The predicted molar refractivity (Wildman–Crippen MR) is 154 cm³/mol. The van der Waals surface area contributed by atoms with Crippen molar-refractivity contribution in [1.82, 2.24) is 29.5 Å². The first-order valence-electron chi connectivity index (χ1n) is 13.3. The Bertz CT molecular complexity index is 1700. The largest absolute Gasteiger partial charge is 0.355 e. The number of fused-ring (bicyclic) bond motifs is 1. The zero-order valence-electron chi connectivity index (χ0n) is 22.5. The van der Waals surface area contributed by atoms with Crippen molar-refractivity contribution in [2.45, 2.75) is 51.6 Å². The van der Waals surface area contributed by atoms with Gasteiger partial charge in [0.25, 0.3) is 17.4 Å². The number of aromatic nitrogens is 4. The van der Waals surface area contributed by atoms with E-state index in [9.17, 15) is 14.4 Å². The van der Waals surface area contributed by atoms with Crippen LogP contribution in [-0.4, -0.2) is 49.1 Å². The van der Waals surface area contributed by atoms with Crippen molar-refractivity contribution in [3.05, 3.63) is 103 Å². The summed E-state index contributed by atoms with van der Waals surface area (Å²) >= 11 is 3.50. The van der Waals surface area contributed by atoms with Gasteiger partial charge in [0.15, 0.2) is 0 Å². The van der Waals surface area contributed by atoms with Crippen LogP contribution in [0.25, 0.3) is 11.6 Å². The quantitative estimate of drug-likeness (QED) is 0.368. The van der Waals surface area contributed by atoms with E-state index >= 15 is 0 Å². The van der Waals surface area contributed by atoms with E-state index in [0.717, 1.165) is 28.4 Å². The monoisotopic (exact) mass is 600 g/mol. The first-order valence-corrected chi connectivity index (χ1v) is 14.1. The minimum absolute atomic E-state index is 0.0961. The van der Waals surface area contributed by atoms with Gasteiger partial charge < -0.3 is 10.2 Å². The number of rotatable bonds is 5. The molecule has 1 fully saturated rings. The van der Waals surface area contributed by atoms with Crippen LogP contribution >= 0.6 is 15.9 Å². The van der Waals surface area contributed by atoms with Crippen molar-refractivity contribution < 1.29 is 9.59 Å². The van der Waals surface area contributed by atoms with Crippen molar-refractivity contribution in [2.75, 3.05) is 7.05 Å². The Morgan fingerprint density at radius 3 is 2.48 bits per heavy atom. The zero-order valence-corrected chi connectivity index (χ0v) is 24.1. The van der Waals surface area contributed by atoms with Crippen LogP contribution in [-0.2, 0) is 13.0 Å². The summed E-state index contributed by atoms with van der Waals surface area (Å²) in [6.45, 7) is 4.13. The summed E-state index contributed by atoms with van der Waals surface area (Å²) in [5.74, 6) is 0.538. The number of aryl methyl sites for hydroxylation is 1. The molecular formula is C30H29BrN6O3. The highest BCUT2D eigenvalue weighted by molar-refractivity contribution is 9.10. The van der Waals surface area contributed by atoms with E-state index in [1.807, 2.05) is 44.4 Å². The molecule has 2 aromatic carbocycles. The second-order valence-corrected chi connectivity index (χ2v) is 11.4. The van der Waals surface area contributed by atoms with Gasteiger partial charge in [-0.25, -0.2) is 14.2 Å². The van der Waals surface area contributed by atoms with E-state index < -0.39 is 0 Å². The van der Waals surface area contributed by atoms with Gasteiger partial charge in [-0.1, -0.05) is 15.9 Å². The van der Waals surface area contributed by atoms with Crippen LogP contribution in [0.15, 0.2) is 64.1 Å². The molecule has 6 rings (SSSR count). The maximum atomic E-state index is 14.1. The van der Waals surface area contributed by atoms with Gasteiger partial charge in [-0.3, -0.25) is 14.4 Å². The summed E-state index contributed by atoms with van der Waals surface area (Å²) in [6.07, 6.45) is 6.39. The van der Waals surface area contributed by atoms with E-state index in [2.05, 4.69) is 26.3 Å². The molecule has 204 valence electrons. The Morgan fingerprint density at radius 2 is 1.80 bits per heavy atom. The van der Waals surface area contributed by atoms with Crippen molar-refractivity contribution >= 4 is 27.7 Å². The summed E-state index contributed by atoms with van der Waals surface area (Å²) in [4.78, 5) is 46.5. The number of halogens is 1. The Labute approximate surface area is 240 Å². The van der Waals surface area contributed by atoms with Gasteiger partial charge in [-0.2, -0.15) is 5.10 Å². The molecule has 1 aliphatic heterocycles. The molecule has 0 saturated heterocycles. The molecule has 2 aliphatic rings. The van der Waals surface area contributed by atoms with Gasteiger partial charge in [0.2, 0.25) is 5.95 Å². The fraction of sp³-hybridized carbons (Fsp3) is 0.300. The summed E-state index contributed by atoms with van der Waals surface area (Å²) in [5, 5.41) is 7.18. The van der Waals surface area contributed by atoms with Crippen LogP contribution in [0.5, 0.6) is 0 Å². The molecule has 0 spiro atoms. The number of nitrogens with one attached hydrogen (secondary N) is 1. The van der Waals surface area contributed by atoms with E-state index in [1.54, 1.807) is 45.5 Å². The Kier molecular flexibility index (Phi) is 6.66. The van der Waals surface area contributed by atoms with Crippen LogP contribution in [0.4, 0.5) is 0 Å². The number of carbonyl (C=O) groups is 2. The lowest BCUT2D eigenvalue weighted by molar-refractivity contribution is 0.0652. The maximum absolute atomic E-state index is 14.1. The highest BCUT2D eigenvalue weighted by atomic mass is 79.9. The second-order valence-electron chi connectivity index (χ2n) is 10.5. The Morgan fingerprint density at radius 1 is 1.07 bits per heavy atom. The lowest BCUT2D eigenvalue weighted by atomic mass is 9.98. The molecule has 4 aromatic rings. The molecule has 0 radical (unpaired) electrons. The SMILES string of the molecule is CNC(=O)c1ccc(-n2c(-n3cc(C4CC4)cn3)nc3c(c2=O)C[C@@H](C)N(C(=O)c2ccc(Br)c(C)c2)C3)cc1. The molecule has 0 bridgehead atoms. The second kappa shape index (κ2) is 10.2.